The first kappa shape index (κ1) is 13.5. The van der Waals surface area contributed by atoms with Crippen molar-refractivity contribution >= 4 is 5.95 Å². The molecule has 0 saturated carbocycles. The molecule has 0 aliphatic heterocycles. The standard InChI is InChI=1S/C13H16F2N4/c1-3-16-13-18-17-12(19(13)4-2)8-9-10(14)6-5-7-11(9)15/h5-7H,3-4,8H2,1-2H3,(H,16,18). The topological polar surface area (TPSA) is 42.7 Å². The van der Waals surface area contributed by atoms with E-state index >= 15 is 0 Å². The summed E-state index contributed by atoms with van der Waals surface area (Å²) in [5.41, 5.74) is 0.0210. The van der Waals surface area contributed by atoms with Gasteiger partial charge in [-0.25, -0.2) is 8.78 Å². The van der Waals surface area contributed by atoms with Crippen LogP contribution in [0.2, 0.25) is 0 Å². The molecule has 0 spiro atoms. The molecule has 0 atom stereocenters. The van der Waals surface area contributed by atoms with Gasteiger partial charge in [0.1, 0.15) is 17.5 Å². The van der Waals surface area contributed by atoms with E-state index in [9.17, 15) is 8.78 Å². The lowest BCUT2D eigenvalue weighted by molar-refractivity contribution is 0.555. The molecule has 1 heterocycles. The number of rotatable bonds is 5. The number of nitrogens with one attached hydrogen (secondary N) is 1. The maximum atomic E-state index is 13.6. The summed E-state index contributed by atoms with van der Waals surface area (Å²) in [4.78, 5) is 0. The van der Waals surface area contributed by atoms with Crippen molar-refractivity contribution in [3.05, 3.63) is 41.2 Å². The lowest BCUT2D eigenvalue weighted by Gasteiger charge is -2.09. The molecular weight excluding hydrogens is 250 g/mol. The quantitative estimate of drug-likeness (QED) is 0.904. The third-order valence-electron chi connectivity index (χ3n) is 2.88. The van der Waals surface area contributed by atoms with Gasteiger partial charge in [0.15, 0.2) is 0 Å². The number of anilines is 1. The van der Waals surface area contributed by atoms with Crippen LogP contribution in [0.3, 0.4) is 0 Å². The number of hydrogen-bond donors (Lipinski definition) is 1. The van der Waals surface area contributed by atoms with Gasteiger partial charge in [-0.1, -0.05) is 6.07 Å². The highest BCUT2D eigenvalue weighted by Crippen LogP contribution is 2.17. The SMILES string of the molecule is CCNc1nnc(Cc2c(F)cccc2F)n1CC. The van der Waals surface area contributed by atoms with E-state index in [1.807, 2.05) is 18.4 Å². The van der Waals surface area contributed by atoms with Crippen molar-refractivity contribution in [3.8, 4) is 0 Å². The van der Waals surface area contributed by atoms with Crippen molar-refractivity contribution in [2.75, 3.05) is 11.9 Å². The summed E-state index contributed by atoms with van der Waals surface area (Å²) in [6.45, 7) is 5.24. The molecule has 0 radical (unpaired) electrons. The minimum atomic E-state index is -0.560. The van der Waals surface area contributed by atoms with Gasteiger partial charge >= 0.3 is 0 Å². The number of hydrogen-bond acceptors (Lipinski definition) is 3. The van der Waals surface area contributed by atoms with Gasteiger partial charge in [-0.05, 0) is 26.0 Å². The fraction of sp³-hybridized carbons (Fsp3) is 0.385. The summed E-state index contributed by atoms with van der Waals surface area (Å²) in [6.07, 6.45) is 0.0880. The molecule has 102 valence electrons. The van der Waals surface area contributed by atoms with Crippen molar-refractivity contribution in [1.29, 1.82) is 0 Å². The van der Waals surface area contributed by atoms with Gasteiger partial charge < -0.3 is 5.32 Å². The molecule has 0 bridgehead atoms. The zero-order valence-corrected chi connectivity index (χ0v) is 11.0. The van der Waals surface area contributed by atoms with Crippen molar-refractivity contribution in [2.45, 2.75) is 26.8 Å². The van der Waals surface area contributed by atoms with Crippen LogP contribution in [0.15, 0.2) is 18.2 Å². The molecule has 0 aliphatic rings. The Morgan fingerprint density at radius 3 is 2.42 bits per heavy atom. The predicted molar refractivity (Wildman–Crippen MR) is 69.0 cm³/mol. The molecule has 4 nitrogen and oxygen atoms in total. The van der Waals surface area contributed by atoms with Crippen LogP contribution in [0.5, 0.6) is 0 Å². The fourth-order valence-corrected chi connectivity index (χ4v) is 1.95. The summed E-state index contributed by atoms with van der Waals surface area (Å²) in [7, 11) is 0. The summed E-state index contributed by atoms with van der Waals surface area (Å²) in [6, 6.07) is 3.84. The summed E-state index contributed by atoms with van der Waals surface area (Å²) in [5, 5.41) is 11.1. The van der Waals surface area contributed by atoms with Gasteiger partial charge in [-0.3, -0.25) is 4.57 Å². The van der Waals surface area contributed by atoms with E-state index in [4.69, 9.17) is 0 Å². The normalized spacial score (nSPS) is 10.7. The van der Waals surface area contributed by atoms with E-state index in [0.717, 1.165) is 0 Å². The minimum absolute atomic E-state index is 0.0210. The van der Waals surface area contributed by atoms with Crippen LogP contribution in [0.25, 0.3) is 0 Å². The van der Waals surface area contributed by atoms with Crippen LogP contribution in [0.4, 0.5) is 14.7 Å². The molecule has 2 rings (SSSR count). The van der Waals surface area contributed by atoms with Gasteiger partial charge in [0.2, 0.25) is 5.95 Å². The Kier molecular flexibility index (Phi) is 4.09. The largest absolute Gasteiger partial charge is 0.355 e. The van der Waals surface area contributed by atoms with E-state index in [-0.39, 0.29) is 12.0 Å². The maximum Gasteiger partial charge on any atom is 0.224 e. The zero-order chi connectivity index (χ0) is 13.8. The summed E-state index contributed by atoms with van der Waals surface area (Å²) >= 11 is 0. The van der Waals surface area contributed by atoms with E-state index in [1.54, 1.807) is 0 Å². The Labute approximate surface area is 110 Å². The van der Waals surface area contributed by atoms with Gasteiger partial charge in [-0.2, -0.15) is 0 Å². The van der Waals surface area contributed by atoms with Gasteiger partial charge in [0.05, 0.1) is 0 Å². The highest BCUT2D eigenvalue weighted by atomic mass is 19.1. The summed E-state index contributed by atoms with van der Waals surface area (Å²) < 4.78 is 29.0. The van der Waals surface area contributed by atoms with Crippen molar-refractivity contribution in [1.82, 2.24) is 14.8 Å². The first-order valence-electron chi connectivity index (χ1n) is 6.26. The van der Waals surface area contributed by atoms with Crippen molar-refractivity contribution in [2.24, 2.45) is 0 Å². The molecule has 2 aromatic rings. The number of nitrogens with zero attached hydrogens (tertiary/aromatic N) is 3. The highest BCUT2D eigenvalue weighted by molar-refractivity contribution is 5.29. The molecular formula is C13H16F2N4. The molecule has 0 unspecified atom stereocenters. The molecule has 1 aromatic carbocycles. The average Bonchev–Trinajstić information content (AvgIpc) is 2.76. The molecule has 1 aromatic heterocycles. The average molecular weight is 266 g/mol. The molecule has 1 N–H and O–H groups in total. The summed E-state index contributed by atoms with van der Waals surface area (Å²) in [5.74, 6) is 0.0468. The van der Waals surface area contributed by atoms with Gasteiger partial charge in [0, 0.05) is 25.1 Å². The van der Waals surface area contributed by atoms with E-state index in [2.05, 4.69) is 15.5 Å². The number of benzene rings is 1. The third kappa shape index (κ3) is 2.72. The highest BCUT2D eigenvalue weighted by Gasteiger charge is 2.15. The van der Waals surface area contributed by atoms with E-state index in [0.29, 0.717) is 24.9 Å². The van der Waals surface area contributed by atoms with Crippen LogP contribution in [-0.4, -0.2) is 21.3 Å². The van der Waals surface area contributed by atoms with Crippen LogP contribution in [0.1, 0.15) is 25.2 Å². The Morgan fingerprint density at radius 1 is 1.16 bits per heavy atom. The molecule has 0 saturated heterocycles. The van der Waals surface area contributed by atoms with Crippen molar-refractivity contribution < 1.29 is 8.78 Å². The van der Waals surface area contributed by atoms with Crippen LogP contribution >= 0.6 is 0 Å². The third-order valence-corrected chi connectivity index (χ3v) is 2.88. The Balaban J connectivity index is 2.33. The predicted octanol–water partition coefficient (Wildman–Crippen LogP) is 2.60. The monoisotopic (exact) mass is 266 g/mol. The zero-order valence-electron chi connectivity index (χ0n) is 11.0. The molecule has 0 aliphatic carbocycles. The van der Waals surface area contributed by atoms with Crippen molar-refractivity contribution in [3.63, 3.8) is 0 Å². The number of aromatic nitrogens is 3. The Hall–Kier alpha value is -1.98. The van der Waals surface area contributed by atoms with E-state index in [1.165, 1.54) is 18.2 Å². The van der Waals surface area contributed by atoms with Crippen LogP contribution in [0, 0.1) is 11.6 Å². The Morgan fingerprint density at radius 2 is 1.84 bits per heavy atom. The second kappa shape index (κ2) is 5.77. The maximum absolute atomic E-state index is 13.6. The second-order valence-electron chi connectivity index (χ2n) is 4.09. The molecule has 19 heavy (non-hydrogen) atoms. The first-order valence-corrected chi connectivity index (χ1v) is 6.26. The first-order chi connectivity index (χ1) is 9.17. The van der Waals surface area contributed by atoms with Crippen LogP contribution in [-0.2, 0) is 13.0 Å². The molecule has 0 amide bonds. The van der Waals surface area contributed by atoms with Crippen LogP contribution < -0.4 is 5.32 Å². The Bertz CT molecular complexity index is 546. The van der Waals surface area contributed by atoms with Gasteiger partial charge in [-0.15, -0.1) is 10.2 Å². The minimum Gasteiger partial charge on any atom is -0.355 e. The smallest absolute Gasteiger partial charge is 0.224 e. The molecule has 6 heteroatoms. The molecule has 0 fully saturated rings. The van der Waals surface area contributed by atoms with E-state index < -0.39 is 11.6 Å². The lowest BCUT2D eigenvalue weighted by atomic mass is 10.1. The second-order valence-corrected chi connectivity index (χ2v) is 4.09. The lowest BCUT2D eigenvalue weighted by Crippen LogP contribution is -2.10. The van der Waals surface area contributed by atoms with Gasteiger partial charge in [0.25, 0.3) is 0 Å². The fourth-order valence-electron chi connectivity index (χ4n) is 1.95. The number of halogens is 2.